The first-order chi connectivity index (χ1) is 5.06. The number of hydrogen-bond acceptors (Lipinski definition) is 3. The molecule has 0 saturated carbocycles. The summed E-state index contributed by atoms with van der Waals surface area (Å²) in [6, 6.07) is 0. The summed E-state index contributed by atoms with van der Waals surface area (Å²) in [5.41, 5.74) is 0. The molecule has 0 N–H and O–H groups in total. The van der Waals surface area contributed by atoms with Crippen LogP contribution in [0, 0.1) is 0 Å². The molecule has 0 aromatic carbocycles. The molecule has 0 rings (SSSR count). The first kappa shape index (κ1) is 15.6. The average Bonchev–Trinajstić information content (AvgIpc) is 1.85. The minimum Gasteiger partial charge on any atom is -0.638 e. The van der Waals surface area contributed by atoms with Gasteiger partial charge in [-0.15, -0.1) is 0 Å². The summed E-state index contributed by atoms with van der Waals surface area (Å²) >= 11 is 0. The van der Waals surface area contributed by atoms with E-state index in [2.05, 4.69) is 0 Å². The Bertz CT molecular complexity index is 259. The zero-order chi connectivity index (χ0) is 10.2. The zero-order valence-electron chi connectivity index (χ0n) is 5.97. The Kier molecular flexibility index (Phi) is 4.91. The number of nitrogens with zero attached hydrogens (tertiary/aromatic N) is 1. The van der Waals surface area contributed by atoms with Gasteiger partial charge in [0.2, 0.25) is 0 Å². The van der Waals surface area contributed by atoms with Gasteiger partial charge >= 0.3 is 40.4 Å². The quantitative estimate of drug-likeness (QED) is 0.314. The van der Waals surface area contributed by atoms with Gasteiger partial charge in [0.25, 0.3) is 0 Å². The molecule has 0 aromatic rings. The van der Waals surface area contributed by atoms with Crippen LogP contribution in [0.25, 0.3) is 5.90 Å². The molecule has 11 heteroatoms. The third-order valence-corrected chi connectivity index (χ3v) is 1.80. The third kappa shape index (κ3) is 2.78. The second-order valence-corrected chi connectivity index (χ2v) is 3.11. The van der Waals surface area contributed by atoms with Gasteiger partial charge in [-0.1, -0.05) is 0 Å². The molecule has 0 amide bonds. The minimum atomic E-state index is -6.36. The molecule has 1 radical (unpaired) electrons. The van der Waals surface area contributed by atoms with Crippen molar-refractivity contribution in [2.75, 3.05) is 0 Å². The Morgan fingerprint density at radius 1 is 1.08 bits per heavy atom. The predicted octanol–water partition coefficient (Wildman–Crippen LogP) is -1.76. The molecule has 0 atom stereocenters. The first-order valence-electron chi connectivity index (χ1n) is 2.08. The molecule has 0 aliphatic heterocycles. The van der Waals surface area contributed by atoms with E-state index in [4.69, 9.17) is 5.90 Å². The number of alkyl halides is 5. The van der Waals surface area contributed by atoms with Crippen molar-refractivity contribution in [1.82, 2.24) is 0 Å². The molecule has 0 saturated heterocycles. The summed E-state index contributed by atoms with van der Waals surface area (Å²) in [5, 5.41) is -6.12. The third-order valence-electron chi connectivity index (χ3n) is 0.742. The number of rotatable bonds is 2. The van der Waals surface area contributed by atoms with Crippen molar-refractivity contribution >= 4 is 10.1 Å². The van der Waals surface area contributed by atoms with E-state index in [9.17, 15) is 30.4 Å². The largest absolute Gasteiger partial charge is 1.00 e. The van der Waals surface area contributed by atoms with E-state index in [1.807, 2.05) is 4.28 Å². The fraction of sp³-hybridized carbons (Fsp3) is 1.00. The van der Waals surface area contributed by atoms with Crippen LogP contribution >= 0.6 is 0 Å². The van der Waals surface area contributed by atoms with Crippen molar-refractivity contribution in [3.8, 4) is 0 Å². The molecular formula is C2F5LiNO3S. The van der Waals surface area contributed by atoms with E-state index in [0.717, 1.165) is 0 Å². The van der Waals surface area contributed by atoms with Crippen molar-refractivity contribution < 1.29 is 53.5 Å². The molecule has 0 fully saturated rings. The van der Waals surface area contributed by atoms with Gasteiger partial charge < -0.3 is 10.2 Å². The van der Waals surface area contributed by atoms with Crippen LogP contribution in [0.5, 0.6) is 0 Å². The van der Waals surface area contributed by atoms with Gasteiger partial charge in [0.15, 0.2) is 0 Å². The standard InChI is InChI=1S/C2F5NO3S.Li/c3-1(4,5)2(6,7)12(9,10)11-8;/q-1;+1. The summed E-state index contributed by atoms with van der Waals surface area (Å²) in [6.45, 7) is 0. The molecule has 4 nitrogen and oxygen atoms in total. The molecule has 13 heavy (non-hydrogen) atoms. The Morgan fingerprint density at radius 3 is 1.46 bits per heavy atom. The molecular weight excluding hydrogens is 220 g/mol. The van der Waals surface area contributed by atoms with E-state index in [0.29, 0.717) is 0 Å². The van der Waals surface area contributed by atoms with Gasteiger partial charge in [-0.05, 0) is 0 Å². The van der Waals surface area contributed by atoms with Crippen molar-refractivity contribution in [3.63, 3.8) is 0 Å². The summed E-state index contributed by atoms with van der Waals surface area (Å²) in [5.74, 6) is 7.23. The Balaban J connectivity index is 0. The fourth-order valence-corrected chi connectivity index (χ4v) is 0.566. The Morgan fingerprint density at radius 2 is 1.38 bits per heavy atom. The normalized spacial score (nSPS) is 13.7. The van der Waals surface area contributed by atoms with E-state index in [1.165, 1.54) is 0 Å². The zero-order valence-corrected chi connectivity index (χ0v) is 6.79. The second-order valence-electron chi connectivity index (χ2n) is 1.54. The number of hydrogen-bond donors (Lipinski definition) is 0. The van der Waals surface area contributed by atoms with Gasteiger partial charge in [-0.3, -0.25) is 0 Å². The topological polar surface area (TPSA) is 65.7 Å². The molecule has 0 aliphatic rings. The van der Waals surface area contributed by atoms with Gasteiger partial charge in [0.1, 0.15) is 0 Å². The van der Waals surface area contributed by atoms with Crippen LogP contribution in [-0.2, 0) is 14.4 Å². The molecule has 0 heterocycles. The van der Waals surface area contributed by atoms with E-state index in [-0.39, 0.29) is 18.9 Å². The monoisotopic (exact) mass is 220 g/mol. The van der Waals surface area contributed by atoms with Crippen molar-refractivity contribution in [1.29, 1.82) is 0 Å². The molecule has 0 unspecified atom stereocenters. The summed E-state index contributed by atoms with van der Waals surface area (Å²) < 4.78 is 78.5. The molecule has 0 spiro atoms. The summed E-state index contributed by atoms with van der Waals surface area (Å²) in [6.07, 6.45) is -6.32. The fourth-order valence-electron chi connectivity index (χ4n) is 0.189. The molecule has 0 bridgehead atoms. The van der Waals surface area contributed by atoms with Gasteiger partial charge in [0, 0.05) is 0 Å². The van der Waals surface area contributed by atoms with Crippen LogP contribution in [0.1, 0.15) is 0 Å². The molecule has 73 valence electrons. The van der Waals surface area contributed by atoms with Crippen molar-refractivity contribution in [3.05, 3.63) is 5.90 Å². The van der Waals surface area contributed by atoms with Gasteiger partial charge in [-0.2, -0.15) is 30.4 Å². The van der Waals surface area contributed by atoms with Crippen LogP contribution in [0.3, 0.4) is 0 Å². The smallest absolute Gasteiger partial charge is 0.638 e. The van der Waals surface area contributed by atoms with Gasteiger partial charge in [0.05, 0.1) is 0 Å². The van der Waals surface area contributed by atoms with Crippen LogP contribution in [-0.4, -0.2) is 19.8 Å². The maximum absolute atomic E-state index is 11.7. The first-order valence-corrected chi connectivity index (χ1v) is 3.49. The summed E-state index contributed by atoms with van der Waals surface area (Å²) in [7, 11) is -6.36. The van der Waals surface area contributed by atoms with E-state index in [1.54, 1.807) is 0 Å². The van der Waals surface area contributed by atoms with E-state index < -0.39 is 21.5 Å². The van der Waals surface area contributed by atoms with Crippen LogP contribution in [0.4, 0.5) is 22.0 Å². The maximum Gasteiger partial charge on any atom is 1.00 e. The van der Waals surface area contributed by atoms with Crippen LogP contribution < -0.4 is 18.9 Å². The Labute approximate surface area is 81.5 Å². The molecule has 0 aromatic heterocycles. The predicted molar refractivity (Wildman–Crippen MR) is 24.4 cm³/mol. The minimum absolute atomic E-state index is 0. The van der Waals surface area contributed by atoms with Gasteiger partial charge in [-0.25, -0.2) is 0 Å². The van der Waals surface area contributed by atoms with E-state index >= 15 is 0 Å². The van der Waals surface area contributed by atoms with Crippen molar-refractivity contribution in [2.45, 2.75) is 11.4 Å². The van der Waals surface area contributed by atoms with Crippen LogP contribution in [0.15, 0.2) is 0 Å². The average molecular weight is 220 g/mol. The number of halogens is 5. The van der Waals surface area contributed by atoms with Crippen LogP contribution in [0.2, 0.25) is 0 Å². The molecule has 0 aliphatic carbocycles. The SMILES string of the molecule is [Li+].[N-]OS(=O)(=O)C(F)(F)C(F)(F)F. The summed E-state index contributed by atoms with van der Waals surface area (Å²) in [4.78, 5) is 0. The second kappa shape index (κ2) is 4.10. The maximum atomic E-state index is 11.7. The van der Waals surface area contributed by atoms with Crippen molar-refractivity contribution in [2.24, 2.45) is 0 Å². The Hall–Kier alpha value is 0.117.